The summed E-state index contributed by atoms with van der Waals surface area (Å²) in [6, 6.07) is 4.86. The molecule has 0 saturated carbocycles. The molecule has 0 aliphatic carbocycles. The van der Waals surface area contributed by atoms with Crippen LogP contribution in [0, 0.1) is 0 Å². The predicted octanol–water partition coefficient (Wildman–Crippen LogP) is 3.14. The van der Waals surface area contributed by atoms with E-state index in [1.54, 1.807) is 18.2 Å². The van der Waals surface area contributed by atoms with Gasteiger partial charge >= 0.3 is 10.2 Å². The fourth-order valence-electron chi connectivity index (χ4n) is 1.89. The molecule has 100 valence electrons. The maximum Gasteiger partial charge on any atom is 0.301 e. The number of hydrogen-bond acceptors (Lipinski definition) is 2. The number of benzene rings is 1. The van der Waals surface area contributed by atoms with Crippen LogP contribution in [0.1, 0.15) is 19.3 Å². The van der Waals surface area contributed by atoms with Crippen LogP contribution in [0.25, 0.3) is 0 Å². The van der Waals surface area contributed by atoms with Gasteiger partial charge in [0.25, 0.3) is 0 Å². The molecule has 0 unspecified atom stereocenters. The van der Waals surface area contributed by atoms with Crippen molar-refractivity contribution in [1.82, 2.24) is 4.31 Å². The lowest BCUT2D eigenvalue weighted by molar-refractivity contribution is 0.349. The SMILES string of the molecule is O=S(=O)(Nc1cccc(Cl)c1Cl)N1CCCCC1. The standard InChI is InChI=1S/C11H14Cl2N2O2S/c12-9-5-4-6-10(11(9)13)14-18(16,17)15-7-2-1-3-8-15/h4-6,14H,1-3,7-8H2. The molecule has 1 fully saturated rings. The normalized spacial score (nSPS) is 17.7. The molecule has 18 heavy (non-hydrogen) atoms. The van der Waals surface area contributed by atoms with E-state index in [4.69, 9.17) is 23.2 Å². The van der Waals surface area contributed by atoms with Crippen LogP contribution in [-0.4, -0.2) is 25.8 Å². The summed E-state index contributed by atoms with van der Waals surface area (Å²) in [6.07, 6.45) is 2.86. The van der Waals surface area contributed by atoms with Gasteiger partial charge < -0.3 is 0 Å². The largest absolute Gasteiger partial charge is 0.301 e. The highest BCUT2D eigenvalue weighted by molar-refractivity contribution is 7.90. The fourth-order valence-corrected chi connectivity index (χ4v) is 3.61. The molecule has 1 saturated heterocycles. The van der Waals surface area contributed by atoms with E-state index in [0.717, 1.165) is 19.3 Å². The molecule has 1 aliphatic heterocycles. The van der Waals surface area contributed by atoms with Gasteiger partial charge in [-0.25, -0.2) is 0 Å². The number of nitrogens with zero attached hydrogens (tertiary/aromatic N) is 1. The zero-order chi connectivity index (χ0) is 13.2. The first-order valence-electron chi connectivity index (χ1n) is 5.72. The zero-order valence-corrected chi connectivity index (χ0v) is 12.0. The van der Waals surface area contributed by atoms with Crippen LogP contribution >= 0.6 is 23.2 Å². The van der Waals surface area contributed by atoms with Crippen LogP contribution in [0.15, 0.2) is 18.2 Å². The first kappa shape index (κ1) is 13.9. The highest BCUT2D eigenvalue weighted by Gasteiger charge is 2.24. The number of hydrogen-bond donors (Lipinski definition) is 1. The molecular formula is C11H14Cl2N2O2S. The summed E-state index contributed by atoms with van der Waals surface area (Å²) in [6.45, 7) is 1.10. The second-order valence-corrected chi connectivity index (χ2v) is 6.62. The Balaban J connectivity index is 2.19. The lowest BCUT2D eigenvalue weighted by atomic mass is 10.2. The third-order valence-corrected chi connectivity index (χ3v) is 5.19. The molecule has 0 amide bonds. The minimum absolute atomic E-state index is 0.222. The monoisotopic (exact) mass is 308 g/mol. The Morgan fingerprint density at radius 3 is 2.44 bits per heavy atom. The lowest BCUT2D eigenvalue weighted by Gasteiger charge is -2.26. The Kier molecular flexibility index (Phi) is 4.37. The number of piperidine rings is 1. The van der Waals surface area contributed by atoms with Gasteiger partial charge in [0.2, 0.25) is 0 Å². The molecule has 0 bridgehead atoms. The van der Waals surface area contributed by atoms with E-state index in [2.05, 4.69) is 4.72 Å². The van der Waals surface area contributed by atoms with Crippen molar-refractivity contribution >= 4 is 39.1 Å². The molecule has 0 radical (unpaired) electrons. The second-order valence-electron chi connectivity index (χ2n) is 4.17. The molecule has 1 aromatic rings. The maximum atomic E-state index is 12.1. The highest BCUT2D eigenvalue weighted by Crippen LogP contribution is 2.30. The van der Waals surface area contributed by atoms with Crippen LogP contribution in [-0.2, 0) is 10.2 Å². The van der Waals surface area contributed by atoms with Gasteiger partial charge in [-0.3, -0.25) is 4.72 Å². The highest BCUT2D eigenvalue weighted by atomic mass is 35.5. The molecule has 0 spiro atoms. The Bertz CT molecular complexity index is 528. The van der Waals surface area contributed by atoms with Crippen molar-refractivity contribution < 1.29 is 8.42 Å². The molecule has 7 heteroatoms. The summed E-state index contributed by atoms with van der Waals surface area (Å²) in [5.74, 6) is 0. The summed E-state index contributed by atoms with van der Waals surface area (Å²) < 4.78 is 28.2. The maximum absolute atomic E-state index is 12.1. The van der Waals surface area contributed by atoms with Gasteiger partial charge in [-0.1, -0.05) is 35.7 Å². The summed E-state index contributed by atoms with van der Waals surface area (Å²) in [5.41, 5.74) is 0.315. The Morgan fingerprint density at radius 2 is 1.78 bits per heavy atom. The van der Waals surface area contributed by atoms with Crippen molar-refractivity contribution in [3.05, 3.63) is 28.2 Å². The van der Waals surface area contributed by atoms with Crippen LogP contribution < -0.4 is 4.72 Å². The van der Waals surface area contributed by atoms with E-state index in [1.807, 2.05) is 0 Å². The first-order valence-corrected chi connectivity index (χ1v) is 7.92. The van der Waals surface area contributed by atoms with Crippen molar-refractivity contribution in [1.29, 1.82) is 0 Å². The van der Waals surface area contributed by atoms with Crippen molar-refractivity contribution in [2.75, 3.05) is 17.8 Å². The van der Waals surface area contributed by atoms with E-state index >= 15 is 0 Å². The summed E-state index contributed by atoms with van der Waals surface area (Å²) in [5, 5.41) is 0.551. The average molecular weight is 309 g/mol. The Labute approximate surface area is 117 Å². The summed E-state index contributed by atoms with van der Waals surface area (Å²) in [4.78, 5) is 0. The van der Waals surface area contributed by atoms with Gasteiger partial charge in [0.15, 0.2) is 0 Å². The smallest absolute Gasteiger partial charge is 0.269 e. The van der Waals surface area contributed by atoms with Gasteiger partial charge in [0, 0.05) is 13.1 Å². The van der Waals surface area contributed by atoms with Crippen LogP contribution in [0.4, 0.5) is 5.69 Å². The summed E-state index contributed by atoms with van der Waals surface area (Å²) in [7, 11) is -3.54. The molecule has 1 heterocycles. The minimum atomic E-state index is -3.54. The number of rotatable bonds is 3. The van der Waals surface area contributed by atoms with Gasteiger partial charge in [-0.15, -0.1) is 0 Å². The second kappa shape index (κ2) is 5.65. The van der Waals surface area contributed by atoms with Crippen molar-refractivity contribution in [2.24, 2.45) is 0 Å². The molecular weight excluding hydrogens is 295 g/mol. The Hall–Kier alpha value is -0.490. The summed E-state index contributed by atoms with van der Waals surface area (Å²) >= 11 is 11.8. The van der Waals surface area contributed by atoms with E-state index < -0.39 is 10.2 Å². The van der Waals surface area contributed by atoms with Gasteiger partial charge in [0.1, 0.15) is 0 Å². The van der Waals surface area contributed by atoms with E-state index in [0.29, 0.717) is 23.8 Å². The Morgan fingerprint density at radius 1 is 1.11 bits per heavy atom. The molecule has 0 atom stereocenters. The van der Waals surface area contributed by atoms with Crippen molar-refractivity contribution in [3.8, 4) is 0 Å². The first-order chi connectivity index (χ1) is 8.50. The number of halogens is 2. The lowest BCUT2D eigenvalue weighted by Crippen LogP contribution is -2.39. The minimum Gasteiger partial charge on any atom is -0.269 e. The third-order valence-electron chi connectivity index (χ3n) is 2.85. The fraction of sp³-hybridized carbons (Fsp3) is 0.455. The van der Waals surface area contributed by atoms with Crippen LogP contribution in [0.2, 0.25) is 10.0 Å². The van der Waals surface area contributed by atoms with E-state index in [1.165, 1.54) is 4.31 Å². The number of anilines is 1. The van der Waals surface area contributed by atoms with Gasteiger partial charge in [-0.2, -0.15) is 12.7 Å². The van der Waals surface area contributed by atoms with Gasteiger partial charge in [0.05, 0.1) is 15.7 Å². The quantitative estimate of drug-likeness (QED) is 0.932. The molecule has 1 aromatic carbocycles. The van der Waals surface area contributed by atoms with Crippen molar-refractivity contribution in [3.63, 3.8) is 0 Å². The molecule has 1 N–H and O–H groups in total. The average Bonchev–Trinajstić information content (AvgIpc) is 2.36. The molecule has 1 aliphatic rings. The number of nitrogens with one attached hydrogen (secondary N) is 1. The molecule has 2 rings (SSSR count). The van der Waals surface area contributed by atoms with E-state index in [9.17, 15) is 8.42 Å². The van der Waals surface area contributed by atoms with Gasteiger partial charge in [-0.05, 0) is 25.0 Å². The third kappa shape index (κ3) is 3.09. The van der Waals surface area contributed by atoms with Crippen LogP contribution in [0.3, 0.4) is 0 Å². The van der Waals surface area contributed by atoms with Crippen LogP contribution in [0.5, 0.6) is 0 Å². The molecule has 4 nitrogen and oxygen atoms in total. The van der Waals surface area contributed by atoms with Crippen molar-refractivity contribution in [2.45, 2.75) is 19.3 Å². The van der Waals surface area contributed by atoms with E-state index in [-0.39, 0.29) is 5.02 Å². The predicted molar refractivity (Wildman–Crippen MR) is 74.4 cm³/mol. The zero-order valence-electron chi connectivity index (χ0n) is 9.70. The topological polar surface area (TPSA) is 49.4 Å². The molecule has 0 aromatic heterocycles.